The van der Waals surface area contributed by atoms with Crippen LogP contribution in [-0.4, -0.2) is 49.3 Å². The van der Waals surface area contributed by atoms with Crippen molar-refractivity contribution in [2.24, 2.45) is 0 Å². The van der Waals surface area contributed by atoms with Crippen LogP contribution in [-0.2, 0) is 10.8 Å². The summed E-state index contributed by atoms with van der Waals surface area (Å²) in [6.07, 6.45) is 3.14. The second-order valence-corrected chi connectivity index (χ2v) is 8.59. The molecular weight excluding hydrogens is 320 g/mol. The molecule has 0 bridgehead atoms. The molecule has 4 atom stereocenters. The number of hydrogen-bond acceptors (Lipinski definition) is 4. The molecule has 0 radical (unpaired) electrons. The predicted octanol–water partition coefficient (Wildman–Crippen LogP) is 3.04. The molecule has 6 rings (SSSR count). The van der Waals surface area contributed by atoms with Crippen LogP contribution in [0.5, 0.6) is 0 Å². The zero-order valence-electron chi connectivity index (χ0n) is 15.5. The number of hydrogen-bond donors (Lipinski definition) is 2. The Labute approximate surface area is 155 Å². The monoisotopic (exact) mass is 346 g/mol. The van der Waals surface area contributed by atoms with E-state index in [0.29, 0.717) is 12.3 Å². The number of anilines is 2. The van der Waals surface area contributed by atoms with Gasteiger partial charge in [-0.15, -0.1) is 0 Å². The average Bonchev–Trinajstić information content (AvgIpc) is 3.36. The van der Waals surface area contributed by atoms with Crippen molar-refractivity contribution in [1.82, 2.24) is 9.80 Å². The summed E-state index contributed by atoms with van der Waals surface area (Å²) >= 11 is 0. The van der Waals surface area contributed by atoms with E-state index in [1.54, 1.807) is 0 Å². The number of nitrogens with zero attached hydrogens (tertiary/aromatic N) is 2. The van der Waals surface area contributed by atoms with Gasteiger partial charge < -0.3 is 10.6 Å². The number of para-hydroxylation sites is 2. The molecule has 2 aromatic carbocycles. The van der Waals surface area contributed by atoms with Gasteiger partial charge in [0.2, 0.25) is 0 Å². The van der Waals surface area contributed by atoms with E-state index in [-0.39, 0.29) is 10.8 Å². The second-order valence-electron chi connectivity index (χ2n) is 8.59. The number of benzene rings is 2. The fraction of sp³-hybridized carbons (Fsp3) is 0.455. The Kier molecular flexibility index (Phi) is 2.79. The van der Waals surface area contributed by atoms with Gasteiger partial charge >= 0.3 is 0 Å². The summed E-state index contributed by atoms with van der Waals surface area (Å²) in [7, 11) is 4.56. The van der Waals surface area contributed by atoms with Crippen molar-refractivity contribution in [2.45, 2.75) is 36.0 Å². The smallest absolute Gasteiger partial charge is 0.0901 e. The van der Waals surface area contributed by atoms with E-state index in [0.717, 1.165) is 13.1 Å². The maximum absolute atomic E-state index is 3.90. The van der Waals surface area contributed by atoms with Crippen LogP contribution in [0, 0.1) is 0 Å². The third-order valence-corrected chi connectivity index (χ3v) is 7.73. The summed E-state index contributed by atoms with van der Waals surface area (Å²) in [6, 6.07) is 18.1. The fourth-order valence-electron chi connectivity index (χ4n) is 6.73. The Morgan fingerprint density at radius 1 is 0.731 bits per heavy atom. The number of likely N-dealkylation sites (tertiary alicyclic amines) is 2. The molecule has 0 saturated carbocycles. The van der Waals surface area contributed by atoms with Crippen LogP contribution in [0.3, 0.4) is 0 Å². The van der Waals surface area contributed by atoms with Gasteiger partial charge in [0.1, 0.15) is 0 Å². The molecule has 0 aliphatic carbocycles. The van der Waals surface area contributed by atoms with E-state index in [9.17, 15) is 0 Å². The summed E-state index contributed by atoms with van der Waals surface area (Å²) in [5, 5.41) is 7.79. The zero-order valence-corrected chi connectivity index (χ0v) is 15.5. The highest BCUT2D eigenvalue weighted by Gasteiger charge is 2.70. The average molecular weight is 346 g/mol. The summed E-state index contributed by atoms with van der Waals surface area (Å²) in [5.41, 5.74) is 5.91. The normalized spacial score (nSPS) is 37.6. The lowest BCUT2D eigenvalue weighted by molar-refractivity contribution is 0.147. The topological polar surface area (TPSA) is 30.5 Å². The van der Waals surface area contributed by atoms with Crippen LogP contribution < -0.4 is 10.6 Å². The molecule has 134 valence electrons. The van der Waals surface area contributed by atoms with Crippen LogP contribution in [0.25, 0.3) is 0 Å². The van der Waals surface area contributed by atoms with E-state index in [1.807, 2.05) is 0 Å². The molecule has 4 aliphatic heterocycles. The third kappa shape index (κ3) is 1.47. The van der Waals surface area contributed by atoms with Gasteiger partial charge in [0, 0.05) is 35.3 Å². The van der Waals surface area contributed by atoms with Gasteiger partial charge in [0.05, 0.1) is 12.3 Å². The molecular formula is C22H26N4. The van der Waals surface area contributed by atoms with Crippen molar-refractivity contribution in [2.75, 3.05) is 37.8 Å². The molecule has 2 fully saturated rings. The number of likely N-dealkylation sites (N-methyl/N-ethyl adjacent to an activating group) is 2. The van der Waals surface area contributed by atoms with Crippen LogP contribution in [0.4, 0.5) is 11.4 Å². The van der Waals surface area contributed by atoms with Gasteiger partial charge in [-0.25, -0.2) is 0 Å². The highest BCUT2D eigenvalue weighted by molar-refractivity contribution is 5.72. The van der Waals surface area contributed by atoms with E-state index < -0.39 is 0 Å². The summed E-state index contributed by atoms with van der Waals surface area (Å²) in [4.78, 5) is 5.07. The first-order valence-corrected chi connectivity index (χ1v) is 9.81. The summed E-state index contributed by atoms with van der Waals surface area (Å²) in [5.74, 6) is 0. The molecule has 4 heteroatoms. The van der Waals surface area contributed by atoms with Crippen molar-refractivity contribution in [1.29, 1.82) is 0 Å². The highest BCUT2D eigenvalue weighted by atomic mass is 15.4. The minimum Gasteiger partial charge on any atom is -0.369 e. The van der Waals surface area contributed by atoms with Gasteiger partial charge in [-0.2, -0.15) is 0 Å². The minimum atomic E-state index is 0.105. The Bertz CT molecular complexity index is 822. The van der Waals surface area contributed by atoms with E-state index in [2.05, 4.69) is 83.1 Å². The molecule has 0 amide bonds. The molecule has 0 spiro atoms. The van der Waals surface area contributed by atoms with Gasteiger partial charge in [-0.1, -0.05) is 36.4 Å². The zero-order chi connectivity index (χ0) is 17.5. The first kappa shape index (κ1) is 15.1. The van der Waals surface area contributed by atoms with E-state index >= 15 is 0 Å². The highest BCUT2D eigenvalue weighted by Crippen LogP contribution is 2.65. The fourth-order valence-corrected chi connectivity index (χ4v) is 6.73. The molecule has 0 aromatic heterocycles. The standard InChI is InChI=1S/C22H26N4/c1-25-13-11-21(15-7-3-5-9-17(15)23-19(21)25)22-12-14-26(2)20(22)24-18-10-6-4-8-16(18)22/h3-10,19-20,23-24H,11-14H2,1-2H3/t19-,20-,21+,22?/m0/s1. The SMILES string of the molecule is CN1CCC2([C@@]34CCN(C)[C@@H]3Nc3ccccc34)c3ccccc3N[C@@H]12. The van der Waals surface area contributed by atoms with Gasteiger partial charge in [-0.3, -0.25) is 9.80 Å². The lowest BCUT2D eigenvalue weighted by Crippen LogP contribution is -2.60. The van der Waals surface area contributed by atoms with Crippen LogP contribution >= 0.6 is 0 Å². The molecule has 2 N–H and O–H groups in total. The predicted molar refractivity (Wildman–Crippen MR) is 106 cm³/mol. The third-order valence-electron chi connectivity index (χ3n) is 7.73. The van der Waals surface area contributed by atoms with Gasteiger partial charge in [0.25, 0.3) is 0 Å². The van der Waals surface area contributed by atoms with Crippen LogP contribution in [0.2, 0.25) is 0 Å². The summed E-state index contributed by atoms with van der Waals surface area (Å²) in [6.45, 7) is 2.29. The van der Waals surface area contributed by atoms with E-state index in [1.165, 1.54) is 35.3 Å². The second kappa shape index (κ2) is 4.81. The molecule has 2 aromatic rings. The number of rotatable bonds is 1. The van der Waals surface area contributed by atoms with Crippen molar-refractivity contribution in [3.63, 3.8) is 0 Å². The molecule has 4 heterocycles. The maximum atomic E-state index is 3.90. The molecule has 26 heavy (non-hydrogen) atoms. The summed E-state index contributed by atoms with van der Waals surface area (Å²) < 4.78 is 0. The molecule has 4 nitrogen and oxygen atoms in total. The van der Waals surface area contributed by atoms with Crippen molar-refractivity contribution >= 4 is 11.4 Å². The minimum absolute atomic E-state index is 0.105. The largest absolute Gasteiger partial charge is 0.369 e. The lowest BCUT2D eigenvalue weighted by atomic mass is 9.55. The Hall–Kier alpha value is -2.04. The molecule has 1 unspecified atom stereocenters. The Balaban J connectivity index is 1.68. The van der Waals surface area contributed by atoms with Crippen LogP contribution in [0.1, 0.15) is 24.0 Å². The quantitative estimate of drug-likeness (QED) is 0.831. The maximum Gasteiger partial charge on any atom is 0.0901 e. The Morgan fingerprint density at radius 2 is 1.15 bits per heavy atom. The lowest BCUT2D eigenvalue weighted by Gasteiger charge is -2.48. The van der Waals surface area contributed by atoms with Crippen molar-refractivity contribution in [3.8, 4) is 0 Å². The van der Waals surface area contributed by atoms with Gasteiger partial charge in [-0.05, 0) is 50.2 Å². The number of nitrogens with one attached hydrogen (secondary N) is 2. The van der Waals surface area contributed by atoms with E-state index in [4.69, 9.17) is 0 Å². The van der Waals surface area contributed by atoms with Crippen molar-refractivity contribution < 1.29 is 0 Å². The van der Waals surface area contributed by atoms with Gasteiger partial charge in [0.15, 0.2) is 0 Å². The first-order valence-electron chi connectivity index (χ1n) is 9.81. The number of fused-ring (bicyclic) bond motifs is 7. The molecule has 2 saturated heterocycles. The molecule has 4 aliphatic rings. The first-order chi connectivity index (χ1) is 12.7. The Morgan fingerprint density at radius 3 is 1.62 bits per heavy atom. The van der Waals surface area contributed by atoms with Crippen LogP contribution in [0.15, 0.2) is 48.5 Å². The van der Waals surface area contributed by atoms with Crippen molar-refractivity contribution in [3.05, 3.63) is 59.7 Å².